The van der Waals surface area contributed by atoms with Gasteiger partial charge in [0, 0.05) is 18.5 Å². The normalized spacial score (nSPS) is 11.5. The number of aliphatic hydroxyl groups is 1. The van der Waals surface area contributed by atoms with Crippen LogP contribution in [0.4, 0.5) is 0 Å². The summed E-state index contributed by atoms with van der Waals surface area (Å²) < 4.78 is 0.962. The van der Waals surface area contributed by atoms with Crippen LogP contribution in [-0.2, 0) is 0 Å². The van der Waals surface area contributed by atoms with E-state index in [9.17, 15) is 4.79 Å². The number of halogens is 1. The Morgan fingerprint density at radius 2 is 2.29 bits per heavy atom. The number of carbonyl (C=O) groups excluding carboxylic acids is 1. The zero-order valence-corrected chi connectivity index (χ0v) is 12.5. The average molecular weight is 320 g/mol. The van der Waals surface area contributed by atoms with E-state index in [-0.39, 0.29) is 17.9 Å². The van der Waals surface area contributed by atoms with Crippen LogP contribution in [-0.4, -0.2) is 24.2 Å². The Labute approximate surface area is 114 Å². The summed E-state index contributed by atoms with van der Waals surface area (Å²) in [5.41, 5.74) is 0.638. The van der Waals surface area contributed by atoms with Crippen molar-refractivity contribution in [2.24, 2.45) is 5.41 Å². The molecule has 5 heteroatoms. The van der Waals surface area contributed by atoms with Crippen molar-refractivity contribution in [3.63, 3.8) is 0 Å². The van der Waals surface area contributed by atoms with Crippen LogP contribution in [0.2, 0.25) is 0 Å². The third kappa shape index (κ3) is 5.19. The van der Waals surface area contributed by atoms with Crippen molar-refractivity contribution < 1.29 is 9.90 Å². The van der Waals surface area contributed by atoms with E-state index in [0.717, 1.165) is 16.6 Å². The van der Waals surface area contributed by atoms with E-state index in [0.29, 0.717) is 12.1 Å². The predicted octanol–water partition coefficient (Wildman–Crippen LogP) is 3.04. The lowest BCUT2D eigenvalue weighted by Crippen LogP contribution is -2.26. The number of hydrogen-bond acceptors (Lipinski definition) is 3. The minimum absolute atomic E-state index is 0.0336. The monoisotopic (exact) mass is 319 g/mol. The fourth-order valence-electron chi connectivity index (χ4n) is 1.38. The van der Waals surface area contributed by atoms with Gasteiger partial charge in [0.05, 0.1) is 9.35 Å². The van der Waals surface area contributed by atoms with Gasteiger partial charge in [-0.15, -0.1) is 11.3 Å². The van der Waals surface area contributed by atoms with Gasteiger partial charge in [-0.2, -0.15) is 0 Å². The second-order valence-corrected chi connectivity index (χ2v) is 7.11. The van der Waals surface area contributed by atoms with Gasteiger partial charge in [-0.25, -0.2) is 0 Å². The van der Waals surface area contributed by atoms with Crippen molar-refractivity contribution in [1.29, 1.82) is 0 Å². The molecule has 0 saturated heterocycles. The molecule has 2 N–H and O–H groups in total. The summed E-state index contributed by atoms with van der Waals surface area (Å²) in [6.45, 7) is 4.86. The molecule has 1 aromatic heterocycles. The molecule has 0 aromatic carbocycles. The standard InChI is InChI=1S/C12H18BrNO2S/c1-12(2,8-15)4-3-5-14-11(16)9-6-10(13)17-7-9/h6-7,15H,3-5,8H2,1-2H3,(H,14,16). The fraction of sp³-hybridized carbons (Fsp3) is 0.583. The third-order valence-electron chi connectivity index (χ3n) is 2.57. The first-order valence-electron chi connectivity index (χ1n) is 5.58. The average Bonchev–Trinajstić information content (AvgIpc) is 2.71. The zero-order chi connectivity index (χ0) is 12.9. The highest BCUT2D eigenvalue weighted by atomic mass is 79.9. The molecule has 0 bridgehead atoms. The number of amides is 1. The molecular formula is C12H18BrNO2S. The Kier molecular flexibility index (Phi) is 5.62. The van der Waals surface area contributed by atoms with Crippen LogP contribution >= 0.6 is 27.3 Å². The molecule has 0 aliphatic heterocycles. The lowest BCUT2D eigenvalue weighted by Gasteiger charge is -2.21. The summed E-state index contributed by atoms with van der Waals surface area (Å²) in [6, 6.07) is 1.82. The van der Waals surface area contributed by atoms with Crippen LogP contribution in [0.25, 0.3) is 0 Å². The first-order valence-corrected chi connectivity index (χ1v) is 7.25. The summed E-state index contributed by atoms with van der Waals surface area (Å²) >= 11 is 4.83. The van der Waals surface area contributed by atoms with E-state index in [4.69, 9.17) is 5.11 Å². The first-order chi connectivity index (χ1) is 7.94. The molecular weight excluding hydrogens is 302 g/mol. The predicted molar refractivity (Wildman–Crippen MR) is 74.5 cm³/mol. The summed E-state index contributed by atoms with van der Waals surface area (Å²) in [5, 5.41) is 13.8. The third-order valence-corrected chi connectivity index (χ3v) is 4.08. The number of thiophene rings is 1. The Morgan fingerprint density at radius 3 is 2.82 bits per heavy atom. The molecule has 0 fully saturated rings. The minimum atomic E-state index is -0.0594. The van der Waals surface area contributed by atoms with Gasteiger partial charge in [0.2, 0.25) is 0 Å². The summed E-state index contributed by atoms with van der Waals surface area (Å²) in [5.74, 6) is -0.0336. The first kappa shape index (κ1) is 14.7. The van der Waals surface area contributed by atoms with E-state index >= 15 is 0 Å². The maximum Gasteiger partial charge on any atom is 0.252 e. The van der Waals surface area contributed by atoms with Gasteiger partial charge in [-0.3, -0.25) is 4.79 Å². The van der Waals surface area contributed by atoms with Crippen LogP contribution in [0, 0.1) is 5.41 Å². The highest BCUT2D eigenvalue weighted by molar-refractivity contribution is 9.11. The van der Waals surface area contributed by atoms with Gasteiger partial charge in [0.25, 0.3) is 5.91 Å². The maximum absolute atomic E-state index is 11.7. The maximum atomic E-state index is 11.7. The van der Waals surface area contributed by atoms with Gasteiger partial charge in [0.1, 0.15) is 0 Å². The van der Waals surface area contributed by atoms with Crippen molar-refractivity contribution in [2.45, 2.75) is 26.7 Å². The largest absolute Gasteiger partial charge is 0.396 e. The van der Waals surface area contributed by atoms with Crippen molar-refractivity contribution in [3.05, 3.63) is 20.8 Å². The van der Waals surface area contributed by atoms with Crippen LogP contribution in [0.15, 0.2) is 15.2 Å². The molecule has 0 atom stereocenters. The SMILES string of the molecule is CC(C)(CO)CCCNC(=O)c1csc(Br)c1. The van der Waals surface area contributed by atoms with E-state index in [1.54, 1.807) is 0 Å². The Hall–Kier alpha value is -0.390. The second kappa shape index (κ2) is 6.52. The second-order valence-electron chi connectivity index (χ2n) is 4.82. The quantitative estimate of drug-likeness (QED) is 0.792. The molecule has 0 radical (unpaired) electrons. The molecule has 17 heavy (non-hydrogen) atoms. The summed E-state index contributed by atoms with van der Waals surface area (Å²) in [7, 11) is 0. The van der Waals surface area contributed by atoms with E-state index in [1.165, 1.54) is 11.3 Å². The highest BCUT2D eigenvalue weighted by Gasteiger charge is 2.15. The molecule has 0 aliphatic rings. The lowest BCUT2D eigenvalue weighted by molar-refractivity contribution is 0.0949. The smallest absolute Gasteiger partial charge is 0.252 e. The summed E-state index contributed by atoms with van der Waals surface area (Å²) in [4.78, 5) is 11.7. The van der Waals surface area contributed by atoms with Crippen molar-refractivity contribution in [3.8, 4) is 0 Å². The van der Waals surface area contributed by atoms with Crippen LogP contribution < -0.4 is 5.32 Å². The molecule has 1 amide bonds. The Morgan fingerprint density at radius 1 is 1.59 bits per heavy atom. The van der Waals surface area contributed by atoms with Crippen molar-refractivity contribution in [2.75, 3.05) is 13.2 Å². The minimum Gasteiger partial charge on any atom is -0.396 e. The zero-order valence-electron chi connectivity index (χ0n) is 10.1. The van der Waals surface area contributed by atoms with Crippen LogP contribution in [0.1, 0.15) is 37.0 Å². The molecule has 1 rings (SSSR count). The lowest BCUT2D eigenvalue weighted by atomic mass is 9.89. The fourth-order valence-corrected chi connectivity index (χ4v) is 2.52. The van der Waals surface area contributed by atoms with Gasteiger partial charge in [-0.1, -0.05) is 13.8 Å². The van der Waals surface area contributed by atoms with Crippen LogP contribution in [0.3, 0.4) is 0 Å². The molecule has 0 unspecified atom stereocenters. The van der Waals surface area contributed by atoms with Gasteiger partial charge < -0.3 is 10.4 Å². The number of rotatable bonds is 6. The molecule has 0 spiro atoms. The van der Waals surface area contributed by atoms with Gasteiger partial charge >= 0.3 is 0 Å². The van der Waals surface area contributed by atoms with E-state index in [2.05, 4.69) is 21.2 Å². The topological polar surface area (TPSA) is 49.3 Å². The summed E-state index contributed by atoms with van der Waals surface area (Å²) in [6.07, 6.45) is 1.78. The molecule has 1 heterocycles. The van der Waals surface area contributed by atoms with Crippen molar-refractivity contribution in [1.82, 2.24) is 5.32 Å². The molecule has 0 saturated carbocycles. The molecule has 1 aromatic rings. The van der Waals surface area contributed by atoms with Crippen LogP contribution in [0.5, 0.6) is 0 Å². The Bertz CT molecular complexity index is 376. The molecule has 0 aliphatic carbocycles. The highest BCUT2D eigenvalue weighted by Crippen LogP contribution is 2.21. The van der Waals surface area contributed by atoms with Crippen molar-refractivity contribution >= 4 is 33.2 Å². The van der Waals surface area contributed by atoms with Gasteiger partial charge in [0.15, 0.2) is 0 Å². The van der Waals surface area contributed by atoms with E-state index < -0.39 is 0 Å². The molecule has 96 valence electrons. The molecule has 3 nitrogen and oxygen atoms in total. The van der Waals surface area contributed by atoms with E-state index in [1.807, 2.05) is 25.3 Å². The Balaban J connectivity index is 2.26. The number of hydrogen-bond donors (Lipinski definition) is 2. The van der Waals surface area contributed by atoms with Gasteiger partial charge in [-0.05, 0) is 40.3 Å². The number of nitrogens with one attached hydrogen (secondary N) is 1. The number of carbonyl (C=O) groups is 1. The number of aliphatic hydroxyl groups excluding tert-OH is 1.